The van der Waals surface area contributed by atoms with Gasteiger partial charge in [0.2, 0.25) is 0 Å². The first kappa shape index (κ1) is 17.8. The standard InChI is InChI=1S/C15H28N2O4/c1-6-17-9-8-11(12(17)10-13(18)20-7-2)16-14(19)21-15(3,4)5/h11-12H,6-10H2,1-5H3,(H,16,19)/t11-,12+/m0/s1. The second kappa shape index (κ2) is 7.64. The van der Waals surface area contributed by atoms with Crippen molar-refractivity contribution < 1.29 is 19.1 Å². The highest BCUT2D eigenvalue weighted by molar-refractivity contribution is 5.71. The van der Waals surface area contributed by atoms with Crippen molar-refractivity contribution >= 4 is 12.1 Å². The number of nitrogens with one attached hydrogen (secondary N) is 1. The predicted octanol–water partition coefficient (Wildman–Crippen LogP) is 1.93. The summed E-state index contributed by atoms with van der Waals surface area (Å²) in [7, 11) is 0. The summed E-state index contributed by atoms with van der Waals surface area (Å²) >= 11 is 0. The van der Waals surface area contributed by atoms with Crippen molar-refractivity contribution in [2.45, 2.75) is 65.1 Å². The number of nitrogens with zero attached hydrogens (tertiary/aromatic N) is 1. The van der Waals surface area contributed by atoms with E-state index in [1.165, 1.54) is 0 Å². The van der Waals surface area contributed by atoms with Crippen LogP contribution in [0.15, 0.2) is 0 Å². The van der Waals surface area contributed by atoms with Gasteiger partial charge in [-0.2, -0.15) is 0 Å². The molecular weight excluding hydrogens is 272 g/mol. The molecule has 0 aromatic heterocycles. The van der Waals surface area contributed by atoms with E-state index in [9.17, 15) is 9.59 Å². The lowest BCUT2D eigenvalue weighted by molar-refractivity contribution is -0.144. The zero-order chi connectivity index (χ0) is 16.0. The Morgan fingerprint density at radius 2 is 1.95 bits per heavy atom. The molecule has 1 fully saturated rings. The van der Waals surface area contributed by atoms with Gasteiger partial charge in [-0.1, -0.05) is 6.92 Å². The average molecular weight is 300 g/mol. The fourth-order valence-corrected chi connectivity index (χ4v) is 2.60. The van der Waals surface area contributed by atoms with Crippen LogP contribution in [0.25, 0.3) is 0 Å². The van der Waals surface area contributed by atoms with Crippen LogP contribution < -0.4 is 5.32 Å². The van der Waals surface area contributed by atoms with E-state index in [2.05, 4.69) is 10.2 Å². The molecule has 1 rings (SSSR count). The molecule has 1 aliphatic heterocycles. The zero-order valence-corrected chi connectivity index (χ0v) is 13.8. The van der Waals surface area contributed by atoms with Crippen molar-refractivity contribution in [3.63, 3.8) is 0 Å². The normalized spacial score (nSPS) is 22.9. The maximum atomic E-state index is 11.9. The molecule has 122 valence electrons. The fraction of sp³-hybridized carbons (Fsp3) is 0.867. The number of carbonyl (C=O) groups excluding carboxylic acids is 2. The van der Waals surface area contributed by atoms with Crippen LogP contribution in [-0.2, 0) is 14.3 Å². The zero-order valence-electron chi connectivity index (χ0n) is 13.8. The Labute approximate surface area is 127 Å². The summed E-state index contributed by atoms with van der Waals surface area (Å²) in [4.78, 5) is 25.8. The summed E-state index contributed by atoms with van der Waals surface area (Å²) in [5, 5.41) is 2.89. The van der Waals surface area contributed by atoms with E-state index in [0.29, 0.717) is 13.0 Å². The van der Waals surface area contributed by atoms with Crippen molar-refractivity contribution in [3.05, 3.63) is 0 Å². The van der Waals surface area contributed by atoms with Gasteiger partial charge in [0.1, 0.15) is 5.60 Å². The first-order chi connectivity index (χ1) is 9.76. The number of hydrogen-bond donors (Lipinski definition) is 1. The van der Waals surface area contributed by atoms with Gasteiger partial charge in [0.25, 0.3) is 0 Å². The van der Waals surface area contributed by atoms with E-state index in [-0.39, 0.29) is 18.1 Å². The van der Waals surface area contributed by atoms with Gasteiger partial charge >= 0.3 is 12.1 Å². The maximum Gasteiger partial charge on any atom is 0.407 e. The van der Waals surface area contributed by atoms with E-state index in [1.54, 1.807) is 6.92 Å². The average Bonchev–Trinajstić information content (AvgIpc) is 2.69. The van der Waals surface area contributed by atoms with E-state index in [1.807, 2.05) is 27.7 Å². The molecule has 0 radical (unpaired) electrons. The maximum absolute atomic E-state index is 11.9. The summed E-state index contributed by atoms with van der Waals surface area (Å²) < 4.78 is 10.3. The van der Waals surface area contributed by atoms with Crippen LogP contribution in [0.3, 0.4) is 0 Å². The lowest BCUT2D eigenvalue weighted by atomic mass is 10.1. The van der Waals surface area contributed by atoms with Crippen LogP contribution in [0.2, 0.25) is 0 Å². The summed E-state index contributed by atoms with van der Waals surface area (Å²) in [6.45, 7) is 11.4. The Hall–Kier alpha value is -1.30. The Balaban J connectivity index is 2.62. The van der Waals surface area contributed by atoms with E-state index < -0.39 is 11.7 Å². The molecule has 6 heteroatoms. The summed E-state index contributed by atoms with van der Waals surface area (Å²) in [6, 6.07) is -0.106. The van der Waals surface area contributed by atoms with Crippen molar-refractivity contribution in [1.29, 1.82) is 0 Å². The Kier molecular flexibility index (Phi) is 6.45. The van der Waals surface area contributed by atoms with Gasteiger partial charge in [-0.25, -0.2) is 4.79 Å². The summed E-state index contributed by atoms with van der Waals surface area (Å²) in [5.74, 6) is -0.223. The molecule has 1 heterocycles. The molecule has 0 aliphatic carbocycles. The minimum atomic E-state index is -0.524. The number of amides is 1. The molecule has 0 unspecified atom stereocenters. The SMILES string of the molecule is CCOC(=O)C[C@@H]1[C@@H](NC(=O)OC(C)(C)C)CCN1CC. The lowest BCUT2D eigenvalue weighted by Gasteiger charge is -2.28. The Bertz CT molecular complexity index is 365. The number of alkyl carbamates (subject to hydrolysis) is 1. The minimum Gasteiger partial charge on any atom is -0.466 e. The van der Waals surface area contributed by atoms with Crippen molar-refractivity contribution in [2.75, 3.05) is 19.7 Å². The van der Waals surface area contributed by atoms with Crippen molar-refractivity contribution in [2.24, 2.45) is 0 Å². The van der Waals surface area contributed by atoms with E-state index >= 15 is 0 Å². The molecule has 1 amide bonds. The van der Waals surface area contributed by atoms with Gasteiger partial charge in [-0.15, -0.1) is 0 Å². The quantitative estimate of drug-likeness (QED) is 0.786. The second-order valence-electron chi connectivity index (χ2n) is 6.25. The largest absolute Gasteiger partial charge is 0.466 e. The first-order valence-corrected chi connectivity index (χ1v) is 7.66. The minimum absolute atomic E-state index is 0.0263. The second-order valence-corrected chi connectivity index (χ2v) is 6.25. The molecule has 1 N–H and O–H groups in total. The van der Waals surface area contributed by atoms with Crippen LogP contribution in [0.5, 0.6) is 0 Å². The first-order valence-electron chi connectivity index (χ1n) is 7.66. The van der Waals surface area contributed by atoms with Crippen LogP contribution in [0.1, 0.15) is 47.5 Å². The Morgan fingerprint density at radius 1 is 1.29 bits per heavy atom. The number of esters is 1. The van der Waals surface area contributed by atoms with Gasteiger partial charge < -0.3 is 14.8 Å². The lowest BCUT2D eigenvalue weighted by Crippen LogP contribution is -2.47. The molecule has 1 saturated heterocycles. The number of rotatable bonds is 5. The molecule has 0 aromatic rings. The number of carbonyl (C=O) groups is 2. The highest BCUT2D eigenvalue weighted by atomic mass is 16.6. The molecule has 0 bridgehead atoms. The van der Waals surface area contributed by atoms with Gasteiger partial charge in [0, 0.05) is 18.6 Å². The number of hydrogen-bond acceptors (Lipinski definition) is 5. The van der Waals surface area contributed by atoms with Gasteiger partial charge in [0.05, 0.1) is 13.0 Å². The molecule has 0 aromatic carbocycles. The molecule has 6 nitrogen and oxygen atoms in total. The molecule has 21 heavy (non-hydrogen) atoms. The Morgan fingerprint density at radius 3 is 2.48 bits per heavy atom. The van der Waals surface area contributed by atoms with E-state index in [0.717, 1.165) is 19.5 Å². The van der Waals surface area contributed by atoms with E-state index in [4.69, 9.17) is 9.47 Å². The predicted molar refractivity (Wildman–Crippen MR) is 80.1 cm³/mol. The van der Waals surface area contributed by atoms with Crippen LogP contribution in [-0.4, -0.2) is 54.3 Å². The number of likely N-dealkylation sites (N-methyl/N-ethyl adjacent to an activating group) is 1. The third-order valence-corrected chi connectivity index (χ3v) is 3.45. The summed E-state index contributed by atoms with van der Waals surface area (Å²) in [5.41, 5.74) is -0.524. The van der Waals surface area contributed by atoms with Crippen LogP contribution >= 0.6 is 0 Å². The van der Waals surface area contributed by atoms with Gasteiger partial charge in [-0.05, 0) is 40.7 Å². The number of ether oxygens (including phenoxy) is 2. The third-order valence-electron chi connectivity index (χ3n) is 3.45. The highest BCUT2D eigenvalue weighted by Gasteiger charge is 2.36. The van der Waals surface area contributed by atoms with Crippen LogP contribution in [0.4, 0.5) is 4.79 Å². The van der Waals surface area contributed by atoms with Crippen LogP contribution in [0, 0.1) is 0 Å². The monoisotopic (exact) mass is 300 g/mol. The topological polar surface area (TPSA) is 67.9 Å². The van der Waals surface area contributed by atoms with Gasteiger partial charge in [0.15, 0.2) is 0 Å². The molecule has 0 saturated carbocycles. The third kappa shape index (κ3) is 5.91. The molecule has 1 aliphatic rings. The summed E-state index contributed by atoms with van der Waals surface area (Å²) in [6.07, 6.45) is 0.679. The number of likely N-dealkylation sites (tertiary alicyclic amines) is 1. The molecular formula is C15H28N2O4. The highest BCUT2D eigenvalue weighted by Crippen LogP contribution is 2.21. The van der Waals surface area contributed by atoms with Crippen molar-refractivity contribution in [3.8, 4) is 0 Å². The van der Waals surface area contributed by atoms with Gasteiger partial charge in [-0.3, -0.25) is 9.69 Å². The fourth-order valence-electron chi connectivity index (χ4n) is 2.60. The smallest absolute Gasteiger partial charge is 0.407 e. The molecule has 0 spiro atoms. The molecule has 2 atom stereocenters. The van der Waals surface area contributed by atoms with Crippen molar-refractivity contribution in [1.82, 2.24) is 10.2 Å².